The fourth-order valence-electron chi connectivity index (χ4n) is 3.10. The van der Waals surface area contributed by atoms with Crippen LogP contribution in [0.5, 0.6) is 0 Å². The molecule has 0 spiro atoms. The van der Waals surface area contributed by atoms with E-state index < -0.39 is 0 Å². The van der Waals surface area contributed by atoms with Gasteiger partial charge in [0.05, 0.1) is 0 Å². The van der Waals surface area contributed by atoms with Gasteiger partial charge in [-0.2, -0.15) is 0 Å². The third-order valence-electron chi connectivity index (χ3n) is 4.43. The zero-order valence-electron chi connectivity index (χ0n) is 13.8. The van der Waals surface area contributed by atoms with E-state index in [-0.39, 0.29) is 17.3 Å². The van der Waals surface area contributed by atoms with Crippen LogP contribution < -0.4 is 0 Å². The molecule has 3 nitrogen and oxygen atoms in total. The Labute approximate surface area is 141 Å². The Bertz CT molecular complexity index is 903. The fraction of sp³-hybridized carbons (Fsp3) is 0.190. The highest BCUT2D eigenvalue weighted by atomic mass is 16.1. The smallest absolute Gasteiger partial charge is 0.167 e. The molecule has 0 fully saturated rings. The van der Waals surface area contributed by atoms with Crippen molar-refractivity contribution in [2.24, 2.45) is 0 Å². The van der Waals surface area contributed by atoms with Crippen molar-refractivity contribution in [3.8, 4) is 11.1 Å². The van der Waals surface area contributed by atoms with Gasteiger partial charge in [-0.05, 0) is 41.3 Å². The monoisotopic (exact) mass is 318 g/mol. The molecule has 0 unspecified atom stereocenters. The summed E-state index contributed by atoms with van der Waals surface area (Å²) in [5.41, 5.74) is 4.98. The molecule has 1 aliphatic rings. The highest BCUT2D eigenvalue weighted by molar-refractivity contribution is 6.12. The number of hydrogen-bond donors (Lipinski definition) is 0. The molecule has 0 radical (unpaired) electrons. The number of ketones is 3. The summed E-state index contributed by atoms with van der Waals surface area (Å²) in [5, 5.41) is 0. The molecule has 2 aromatic carbocycles. The summed E-state index contributed by atoms with van der Waals surface area (Å²) in [5.74, 6) is -0.117. The molecule has 1 aliphatic carbocycles. The van der Waals surface area contributed by atoms with Crippen molar-refractivity contribution in [1.82, 2.24) is 0 Å². The van der Waals surface area contributed by atoms with E-state index in [9.17, 15) is 14.4 Å². The van der Waals surface area contributed by atoms with Crippen molar-refractivity contribution in [3.63, 3.8) is 0 Å². The number of carbonyl (C=O) groups excluding carboxylic acids is 3. The number of carbonyl (C=O) groups is 3. The molecule has 0 atom stereocenters. The van der Waals surface area contributed by atoms with Crippen LogP contribution >= 0.6 is 0 Å². The molecule has 0 heterocycles. The zero-order valence-corrected chi connectivity index (χ0v) is 13.8. The average Bonchev–Trinajstić information content (AvgIpc) is 2.87. The van der Waals surface area contributed by atoms with Gasteiger partial charge in [0.15, 0.2) is 17.3 Å². The first-order valence-corrected chi connectivity index (χ1v) is 7.96. The van der Waals surface area contributed by atoms with Gasteiger partial charge in [-0.3, -0.25) is 14.4 Å². The molecule has 2 aromatic rings. The van der Waals surface area contributed by atoms with Crippen molar-refractivity contribution in [3.05, 3.63) is 65.2 Å². The van der Waals surface area contributed by atoms with Gasteiger partial charge in [0.1, 0.15) is 0 Å². The van der Waals surface area contributed by atoms with E-state index in [1.807, 2.05) is 24.3 Å². The Morgan fingerprint density at radius 1 is 1.00 bits per heavy atom. The van der Waals surface area contributed by atoms with E-state index in [4.69, 9.17) is 0 Å². The number of rotatable bonds is 4. The minimum Gasteiger partial charge on any atom is -0.294 e. The van der Waals surface area contributed by atoms with Crippen molar-refractivity contribution in [1.29, 1.82) is 0 Å². The second-order valence-corrected chi connectivity index (χ2v) is 6.06. The summed E-state index contributed by atoms with van der Waals surface area (Å²) in [4.78, 5) is 36.0. The molecule has 24 heavy (non-hydrogen) atoms. The maximum absolute atomic E-state index is 12.2. The van der Waals surface area contributed by atoms with Crippen LogP contribution in [-0.2, 0) is 0 Å². The van der Waals surface area contributed by atoms with E-state index in [0.29, 0.717) is 29.5 Å². The van der Waals surface area contributed by atoms with Gasteiger partial charge in [0.2, 0.25) is 0 Å². The standard InChI is InChI=1S/C21H18O3/c1-4-20(23)19-11-15(6-8-17(19)13(3)22)14-5-7-16-12(2)9-21(24)18(16)10-14/h5-8,10-11H,2,4,9H2,1,3H3. The molecule has 3 heteroatoms. The van der Waals surface area contributed by atoms with Crippen LogP contribution in [0.2, 0.25) is 0 Å². The van der Waals surface area contributed by atoms with Gasteiger partial charge >= 0.3 is 0 Å². The Balaban J connectivity index is 2.12. The molecular formula is C21H18O3. The van der Waals surface area contributed by atoms with Crippen molar-refractivity contribution >= 4 is 22.9 Å². The number of benzene rings is 2. The highest BCUT2D eigenvalue weighted by Gasteiger charge is 2.23. The summed E-state index contributed by atoms with van der Waals surface area (Å²) >= 11 is 0. The van der Waals surface area contributed by atoms with E-state index >= 15 is 0 Å². The van der Waals surface area contributed by atoms with Crippen LogP contribution in [0.15, 0.2) is 43.0 Å². The summed E-state index contributed by atoms with van der Waals surface area (Å²) in [6.45, 7) is 7.16. The SMILES string of the molecule is C=C1CC(=O)c2cc(-c3ccc(C(C)=O)c(C(=O)CC)c3)ccc21. The maximum Gasteiger partial charge on any atom is 0.167 e. The van der Waals surface area contributed by atoms with Crippen LogP contribution in [0.1, 0.15) is 63.3 Å². The van der Waals surface area contributed by atoms with Crippen LogP contribution in [0.4, 0.5) is 0 Å². The Kier molecular flexibility index (Phi) is 4.02. The molecule has 0 aliphatic heterocycles. The van der Waals surface area contributed by atoms with Crippen LogP contribution in [0, 0.1) is 0 Å². The molecule has 120 valence electrons. The first kappa shape index (κ1) is 16.1. The summed E-state index contributed by atoms with van der Waals surface area (Å²) in [6, 6.07) is 10.9. The number of allylic oxidation sites excluding steroid dienone is 1. The first-order valence-electron chi connectivity index (χ1n) is 7.96. The third kappa shape index (κ3) is 2.62. The molecule has 3 rings (SSSR count). The summed E-state index contributed by atoms with van der Waals surface area (Å²) in [6.07, 6.45) is 0.702. The second kappa shape index (κ2) is 6.00. The summed E-state index contributed by atoms with van der Waals surface area (Å²) in [7, 11) is 0. The lowest BCUT2D eigenvalue weighted by molar-refractivity contribution is 0.0965. The molecule has 0 N–H and O–H groups in total. The molecule has 0 aromatic heterocycles. The lowest BCUT2D eigenvalue weighted by Crippen LogP contribution is -2.06. The largest absolute Gasteiger partial charge is 0.294 e. The number of fused-ring (bicyclic) bond motifs is 1. The molecule has 0 amide bonds. The Morgan fingerprint density at radius 3 is 2.33 bits per heavy atom. The lowest BCUT2D eigenvalue weighted by atomic mass is 9.93. The van der Waals surface area contributed by atoms with Gasteiger partial charge in [0, 0.05) is 29.5 Å². The minimum absolute atomic E-state index is 0.0623. The predicted molar refractivity (Wildman–Crippen MR) is 94.5 cm³/mol. The number of Topliss-reactive ketones (excluding diaryl/α,β-unsaturated/α-hetero) is 3. The van der Waals surface area contributed by atoms with Crippen LogP contribution in [-0.4, -0.2) is 17.3 Å². The molecule has 0 bridgehead atoms. The topological polar surface area (TPSA) is 51.2 Å². The Hall–Kier alpha value is -2.81. The van der Waals surface area contributed by atoms with E-state index in [0.717, 1.165) is 22.3 Å². The van der Waals surface area contributed by atoms with Crippen molar-refractivity contribution in [2.75, 3.05) is 0 Å². The normalized spacial score (nSPS) is 13.1. The molecule has 0 saturated carbocycles. The second-order valence-electron chi connectivity index (χ2n) is 6.06. The predicted octanol–water partition coefficient (Wildman–Crippen LogP) is 4.75. The minimum atomic E-state index is -0.126. The van der Waals surface area contributed by atoms with Gasteiger partial charge in [-0.15, -0.1) is 0 Å². The van der Waals surface area contributed by atoms with Crippen molar-refractivity contribution in [2.45, 2.75) is 26.7 Å². The van der Waals surface area contributed by atoms with E-state index in [2.05, 4.69) is 6.58 Å². The van der Waals surface area contributed by atoms with Crippen molar-refractivity contribution < 1.29 is 14.4 Å². The van der Waals surface area contributed by atoms with Gasteiger partial charge < -0.3 is 0 Å². The maximum atomic E-state index is 12.2. The zero-order chi connectivity index (χ0) is 17.4. The van der Waals surface area contributed by atoms with E-state index in [1.165, 1.54) is 6.92 Å². The van der Waals surface area contributed by atoms with Gasteiger partial charge in [-0.1, -0.05) is 37.8 Å². The third-order valence-corrected chi connectivity index (χ3v) is 4.43. The molecule has 0 saturated heterocycles. The quantitative estimate of drug-likeness (QED) is 0.764. The lowest BCUT2D eigenvalue weighted by Gasteiger charge is -2.10. The summed E-state index contributed by atoms with van der Waals surface area (Å²) < 4.78 is 0. The average molecular weight is 318 g/mol. The Morgan fingerprint density at radius 2 is 1.67 bits per heavy atom. The van der Waals surface area contributed by atoms with Gasteiger partial charge in [-0.25, -0.2) is 0 Å². The van der Waals surface area contributed by atoms with Gasteiger partial charge in [0.25, 0.3) is 0 Å². The highest BCUT2D eigenvalue weighted by Crippen LogP contribution is 2.34. The van der Waals surface area contributed by atoms with Crippen LogP contribution in [0.3, 0.4) is 0 Å². The fourth-order valence-corrected chi connectivity index (χ4v) is 3.10. The van der Waals surface area contributed by atoms with E-state index in [1.54, 1.807) is 19.1 Å². The molecular weight excluding hydrogens is 300 g/mol. The number of hydrogen-bond acceptors (Lipinski definition) is 3. The first-order chi connectivity index (χ1) is 11.4. The van der Waals surface area contributed by atoms with Crippen LogP contribution in [0.25, 0.3) is 16.7 Å².